The maximum Gasteiger partial charge on any atom is 0.226 e. The van der Waals surface area contributed by atoms with E-state index in [1.807, 2.05) is 6.07 Å². The molecule has 21 heavy (non-hydrogen) atoms. The lowest BCUT2D eigenvalue weighted by molar-refractivity contribution is 0.982. The van der Waals surface area contributed by atoms with Crippen LogP contribution in [0.2, 0.25) is 5.28 Å². The zero-order valence-electron chi connectivity index (χ0n) is 11.0. The second-order valence-corrected chi connectivity index (χ2v) is 5.33. The van der Waals surface area contributed by atoms with E-state index in [9.17, 15) is 0 Å². The number of H-pyrrole nitrogens is 1. The fraction of sp³-hybridized carbons (Fsp3) is 0.308. The van der Waals surface area contributed by atoms with E-state index in [4.69, 9.17) is 11.6 Å². The monoisotopic (exact) mass is 301 g/mol. The average molecular weight is 302 g/mol. The number of imidazole rings is 1. The van der Waals surface area contributed by atoms with Crippen molar-refractivity contribution in [3.8, 4) is 0 Å². The van der Waals surface area contributed by atoms with Crippen molar-refractivity contribution in [2.45, 2.75) is 25.3 Å². The van der Waals surface area contributed by atoms with Gasteiger partial charge < -0.3 is 10.3 Å². The first-order valence-electron chi connectivity index (χ1n) is 6.71. The highest BCUT2D eigenvalue weighted by Crippen LogP contribution is 2.39. The molecule has 1 aliphatic carbocycles. The largest absolute Gasteiger partial charge is 0.362 e. The van der Waals surface area contributed by atoms with E-state index < -0.39 is 0 Å². The van der Waals surface area contributed by atoms with Gasteiger partial charge in [-0.2, -0.15) is 9.97 Å². The molecule has 106 valence electrons. The molecule has 3 aromatic heterocycles. The number of nitrogens with zero attached hydrogens (tertiary/aromatic N) is 5. The topological polar surface area (TPSA) is 92.3 Å². The van der Waals surface area contributed by atoms with Gasteiger partial charge in [0, 0.05) is 12.1 Å². The third-order valence-corrected chi connectivity index (χ3v) is 3.55. The maximum atomic E-state index is 5.97. The van der Waals surface area contributed by atoms with Gasteiger partial charge in [-0.15, -0.1) is 0 Å². The summed E-state index contributed by atoms with van der Waals surface area (Å²) in [6.07, 6.45) is 5.56. The fourth-order valence-electron chi connectivity index (χ4n) is 2.16. The number of aromatic amines is 1. The molecule has 0 atom stereocenters. The predicted octanol–water partition coefficient (Wildman–Crippen LogP) is 2.29. The zero-order chi connectivity index (χ0) is 14.2. The number of hydrogen-bond acceptors (Lipinski definition) is 6. The van der Waals surface area contributed by atoms with Crippen LogP contribution in [0, 0.1) is 0 Å². The lowest BCUT2D eigenvalue weighted by Gasteiger charge is -2.05. The highest BCUT2D eigenvalue weighted by Gasteiger charge is 2.27. The van der Waals surface area contributed by atoms with E-state index in [2.05, 4.69) is 35.2 Å². The van der Waals surface area contributed by atoms with Crippen molar-refractivity contribution in [2.24, 2.45) is 0 Å². The second kappa shape index (κ2) is 4.92. The molecule has 1 fully saturated rings. The number of halogens is 1. The highest BCUT2D eigenvalue weighted by molar-refractivity contribution is 6.28. The number of hydrogen-bond donors (Lipinski definition) is 2. The minimum Gasteiger partial charge on any atom is -0.362 e. The molecule has 3 aromatic rings. The molecule has 2 N–H and O–H groups in total. The summed E-state index contributed by atoms with van der Waals surface area (Å²) < 4.78 is 0. The Labute approximate surface area is 125 Å². The van der Waals surface area contributed by atoms with Crippen LogP contribution in [0.1, 0.15) is 30.3 Å². The van der Waals surface area contributed by atoms with Gasteiger partial charge in [-0.05, 0) is 30.5 Å². The smallest absolute Gasteiger partial charge is 0.226 e. The number of nitrogens with one attached hydrogen (secondary N) is 2. The molecular formula is C13H12ClN7. The molecule has 1 aliphatic rings. The molecular weight excluding hydrogens is 290 g/mol. The standard InChI is InChI=1S/C13H12ClN7/c14-13-20-11(16-5-8-3-4-15-6-17-8)9-12(21-13)19-10(18-9)7-1-2-7/h3-4,6-7H,1-2,5H2,(H2,16,18,19,20,21). The van der Waals surface area contributed by atoms with Crippen LogP contribution in [-0.4, -0.2) is 29.9 Å². The van der Waals surface area contributed by atoms with Crippen LogP contribution >= 0.6 is 11.6 Å². The summed E-state index contributed by atoms with van der Waals surface area (Å²) in [5, 5.41) is 3.40. The Balaban J connectivity index is 1.66. The lowest BCUT2D eigenvalue weighted by atomic mass is 10.4. The fourth-order valence-corrected chi connectivity index (χ4v) is 2.33. The Hall–Kier alpha value is -2.28. The minimum atomic E-state index is 0.193. The van der Waals surface area contributed by atoms with Crippen molar-refractivity contribution in [2.75, 3.05) is 5.32 Å². The molecule has 4 rings (SSSR count). The van der Waals surface area contributed by atoms with Gasteiger partial charge in [-0.25, -0.2) is 15.0 Å². The van der Waals surface area contributed by atoms with Crippen LogP contribution in [0.15, 0.2) is 18.6 Å². The molecule has 0 radical (unpaired) electrons. The summed E-state index contributed by atoms with van der Waals surface area (Å²) in [6.45, 7) is 0.524. The van der Waals surface area contributed by atoms with Crippen LogP contribution in [0.25, 0.3) is 11.2 Å². The number of rotatable bonds is 4. The first kappa shape index (κ1) is 12.5. The van der Waals surface area contributed by atoms with E-state index >= 15 is 0 Å². The summed E-state index contributed by atoms with van der Waals surface area (Å²) in [6, 6.07) is 1.84. The number of aromatic nitrogens is 6. The molecule has 8 heteroatoms. The van der Waals surface area contributed by atoms with Crippen molar-refractivity contribution < 1.29 is 0 Å². The summed E-state index contributed by atoms with van der Waals surface area (Å²) in [5.74, 6) is 2.10. The summed E-state index contributed by atoms with van der Waals surface area (Å²) >= 11 is 5.97. The normalized spacial score (nSPS) is 14.5. The van der Waals surface area contributed by atoms with Gasteiger partial charge in [-0.1, -0.05) is 0 Å². The van der Waals surface area contributed by atoms with Crippen molar-refractivity contribution in [3.05, 3.63) is 35.4 Å². The van der Waals surface area contributed by atoms with Gasteiger partial charge in [0.25, 0.3) is 0 Å². The minimum absolute atomic E-state index is 0.193. The predicted molar refractivity (Wildman–Crippen MR) is 78.0 cm³/mol. The van der Waals surface area contributed by atoms with Gasteiger partial charge in [0.05, 0.1) is 12.2 Å². The second-order valence-electron chi connectivity index (χ2n) is 4.99. The van der Waals surface area contributed by atoms with Crippen LogP contribution in [0.5, 0.6) is 0 Å². The van der Waals surface area contributed by atoms with Gasteiger partial charge in [0.1, 0.15) is 12.2 Å². The summed E-state index contributed by atoms with van der Waals surface area (Å²) in [4.78, 5) is 24.3. The van der Waals surface area contributed by atoms with Crippen LogP contribution in [0.3, 0.4) is 0 Å². The molecule has 3 heterocycles. The van der Waals surface area contributed by atoms with Gasteiger partial charge in [0.15, 0.2) is 17.0 Å². The van der Waals surface area contributed by atoms with Gasteiger partial charge >= 0.3 is 0 Å². The Morgan fingerprint density at radius 3 is 2.95 bits per heavy atom. The van der Waals surface area contributed by atoms with Crippen LogP contribution in [-0.2, 0) is 6.54 Å². The van der Waals surface area contributed by atoms with E-state index in [1.54, 1.807) is 6.20 Å². The first-order chi connectivity index (χ1) is 10.3. The Kier molecular flexibility index (Phi) is 2.92. The number of fused-ring (bicyclic) bond motifs is 1. The molecule has 0 aromatic carbocycles. The van der Waals surface area contributed by atoms with Crippen molar-refractivity contribution in [1.29, 1.82) is 0 Å². The lowest BCUT2D eigenvalue weighted by Crippen LogP contribution is -2.04. The molecule has 0 spiro atoms. The Morgan fingerprint density at radius 2 is 2.19 bits per heavy atom. The molecule has 7 nitrogen and oxygen atoms in total. The molecule has 0 amide bonds. The third kappa shape index (κ3) is 2.52. The Morgan fingerprint density at radius 1 is 1.29 bits per heavy atom. The Bertz CT molecular complexity index is 782. The van der Waals surface area contributed by atoms with Gasteiger partial charge in [-0.3, -0.25) is 0 Å². The molecule has 0 saturated heterocycles. The third-order valence-electron chi connectivity index (χ3n) is 3.38. The van der Waals surface area contributed by atoms with E-state index in [-0.39, 0.29) is 5.28 Å². The van der Waals surface area contributed by atoms with Gasteiger partial charge in [0.2, 0.25) is 5.28 Å². The average Bonchev–Trinajstić information content (AvgIpc) is 3.26. The SMILES string of the molecule is Clc1nc(NCc2ccncn2)c2nc(C3CC3)[nH]c2n1. The molecule has 0 aliphatic heterocycles. The van der Waals surface area contributed by atoms with E-state index in [0.29, 0.717) is 23.9 Å². The zero-order valence-corrected chi connectivity index (χ0v) is 11.8. The number of anilines is 1. The quantitative estimate of drug-likeness (QED) is 0.718. The van der Waals surface area contributed by atoms with E-state index in [1.165, 1.54) is 19.2 Å². The van der Waals surface area contributed by atoms with Crippen molar-refractivity contribution in [3.63, 3.8) is 0 Å². The summed E-state index contributed by atoms with van der Waals surface area (Å²) in [5.41, 5.74) is 2.25. The molecule has 1 saturated carbocycles. The maximum absolute atomic E-state index is 5.97. The first-order valence-corrected chi connectivity index (χ1v) is 7.09. The molecule has 0 bridgehead atoms. The molecule has 0 unspecified atom stereocenters. The van der Waals surface area contributed by atoms with E-state index in [0.717, 1.165) is 17.0 Å². The summed E-state index contributed by atoms with van der Waals surface area (Å²) in [7, 11) is 0. The van der Waals surface area contributed by atoms with Crippen molar-refractivity contribution in [1.82, 2.24) is 29.9 Å². The highest BCUT2D eigenvalue weighted by atomic mass is 35.5. The van der Waals surface area contributed by atoms with Crippen molar-refractivity contribution >= 4 is 28.6 Å². The van der Waals surface area contributed by atoms with Crippen LogP contribution < -0.4 is 5.32 Å². The van der Waals surface area contributed by atoms with Crippen LogP contribution in [0.4, 0.5) is 5.82 Å².